The summed E-state index contributed by atoms with van der Waals surface area (Å²) in [5.74, 6) is 0. The van der Waals surface area contributed by atoms with Crippen LogP contribution in [0.3, 0.4) is 0 Å². The predicted octanol–water partition coefficient (Wildman–Crippen LogP) is 3.17. The fourth-order valence-corrected chi connectivity index (χ4v) is 1.39. The molecule has 14 heavy (non-hydrogen) atoms. The summed E-state index contributed by atoms with van der Waals surface area (Å²) in [6.07, 6.45) is 2.84. The summed E-state index contributed by atoms with van der Waals surface area (Å²) in [5.41, 5.74) is 4.75. The fourth-order valence-electron chi connectivity index (χ4n) is 1.39. The third kappa shape index (κ3) is 1.67. The second-order valence-electron chi connectivity index (χ2n) is 3.45. The lowest BCUT2D eigenvalue weighted by Gasteiger charge is -2.03. The molecule has 1 heteroatoms. The van der Waals surface area contributed by atoms with Crippen molar-refractivity contribution < 1.29 is 0 Å². The van der Waals surface area contributed by atoms with Gasteiger partial charge in [-0.2, -0.15) is 0 Å². The Kier molecular flexibility index (Phi) is 2.32. The molecule has 0 fully saturated rings. The lowest BCUT2D eigenvalue weighted by Crippen LogP contribution is -1.85. The zero-order chi connectivity index (χ0) is 9.97. The van der Waals surface area contributed by atoms with Gasteiger partial charge in [-0.1, -0.05) is 18.2 Å². The van der Waals surface area contributed by atoms with E-state index in [9.17, 15) is 0 Å². The second kappa shape index (κ2) is 3.62. The molecule has 1 nitrogen and oxygen atoms in total. The monoisotopic (exact) mass is 182 g/mol. The van der Waals surface area contributed by atoms with Crippen LogP contribution in [0.5, 0.6) is 0 Å². The summed E-state index contributed by atoms with van der Waals surface area (Å²) in [6, 6.07) is 12.1. The van der Waals surface area contributed by atoms with E-state index >= 15 is 0 Å². The van der Waals surface area contributed by atoms with Crippen LogP contribution < -0.4 is 0 Å². The van der Waals surface area contributed by atoms with Crippen LogP contribution in [-0.2, 0) is 0 Å². The van der Waals surface area contributed by atoms with Gasteiger partial charge in [-0.25, -0.2) is 4.98 Å². The summed E-state index contributed by atoms with van der Waals surface area (Å²) >= 11 is 0. The average Bonchev–Trinajstić information content (AvgIpc) is 2.23. The molecule has 0 aliphatic rings. The normalized spacial score (nSPS) is 10.1. The summed E-state index contributed by atoms with van der Waals surface area (Å²) in [4.78, 5) is 4.19. The van der Waals surface area contributed by atoms with Gasteiger partial charge < -0.3 is 0 Å². The first-order valence-corrected chi connectivity index (χ1v) is 4.68. The maximum Gasteiger partial charge on any atom is 0.0893 e. The molecule has 0 aliphatic carbocycles. The van der Waals surface area contributed by atoms with E-state index in [4.69, 9.17) is 0 Å². The highest BCUT2D eigenvalue weighted by Crippen LogP contribution is 2.19. The zero-order valence-electron chi connectivity index (χ0n) is 8.41. The maximum atomic E-state index is 4.19. The van der Waals surface area contributed by atoms with Crippen molar-refractivity contribution in [3.05, 3.63) is 53.7 Å². The molecule has 2 aromatic rings. The van der Waals surface area contributed by atoms with Gasteiger partial charge in [-0.3, -0.25) is 0 Å². The summed E-state index contributed by atoms with van der Waals surface area (Å²) < 4.78 is 0. The SMILES string of the molecule is Cc1ccc(-c2ccc[c]n2)cc1C. The number of hydrogen-bond acceptors (Lipinski definition) is 1. The molecule has 0 saturated heterocycles. The minimum absolute atomic E-state index is 0.982. The summed E-state index contributed by atoms with van der Waals surface area (Å²) in [5, 5.41) is 0. The summed E-state index contributed by atoms with van der Waals surface area (Å²) in [6.45, 7) is 4.23. The number of aromatic nitrogens is 1. The highest BCUT2D eigenvalue weighted by Gasteiger charge is 1.99. The number of hydrogen-bond donors (Lipinski definition) is 0. The zero-order valence-corrected chi connectivity index (χ0v) is 8.41. The van der Waals surface area contributed by atoms with Crippen LogP contribution in [0.4, 0.5) is 0 Å². The third-order valence-electron chi connectivity index (χ3n) is 2.41. The van der Waals surface area contributed by atoms with Crippen LogP contribution in [0.1, 0.15) is 11.1 Å². The molecular formula is C13H12N. The molecule has 1 heterocycles. The topological polar surface area (TPSA) is 12.9 Å². The minimum atomic E-state index is 0.982. The predicted molar refractivity (Wildman–Crippen MR) is 58.0 cm³/mol. The Labute approximate surface area is 84.4 Å². The molecule has 1 radical (unpaired) electrons. The van der Waals surface area contributed by atoms with Crippen molar-refractivity contribution in [2.24, 2.45) is 0 Å². The third-order valence-corrected chi connectivity index (χ3v) is 2.41. The molecule has 0 spiro atoms. The molecule has 1 aromatic carbocycles. The smallest absolute Gasteiger partial charge is 0.0893 e. The van der Waals surface area contributed by atoms with Crippen molar-refractivity contribution in [1.82, 2.24) is 4.98 Å². The fraction of sp³-hybridized carbons (Fsp3) is 0.154. The van der Waals surface area contributed by atoms with Gasteiger partial charge in [0, 0.05) is 5.56 Å². The Morgan fingerprint density at radius 2 is 1.93 bits per heavy atom. The Balaban J connectivity index is 2.48. The van der Waals surface area contributed by atoms with Gasteiger partial charge in [-0.05, 0) is 43.2 Å². The van der Waals surface area contributed by atoms with E-state index in [1.54, 1.807) is 0 Å². The quantitative estimate of drug-likeness (QED) is 0.660. The van der Waals surface area contributed by atoms with E-state index in [2.05, 4.69) is 43.2 Å². The molecule has 0 bridgehead atoms. The molecule has 0 saturated carbocycles. The molecule has 2 rings (SSSR count). The largest absolute Gasteiger partial charge is 0.246 e. The second-order valence-corrected chi connectivity index (χ2v) is 3.45. The van der Waals surface area contributed by atoms with Crippen LogP contribution in [0, 0.1) is 20.0 Å². The van der Waals surface area contributed by atoms with Gasteiger partial charge in [0.1, 0.15) is 0 Å². The highest BCUT2D eigenvalue weighted by molar-refractivity contribution is 5.60. The van der Waals surface area contributed by atoms with Gasteiger partial charge in [0.15, 0.2) is 0 Å². The lowest BCUT2D eigenvalue weighted by molar-refractivity contribution is 1.29. The molecule has 69 valence electrons. The molecule has 0 atom stereocenters. The first-order valence-electron chi connectivity index (χ1n) is 4.68. The van der Waals surface area contributed by atoms with E-state index in [0.717, 1.165) is 11.3 Å². The van der Waals surface area contributed by atoms with Gasteiger partial charge in [-0.15, -0.1) is 0 Å². The maximum absolute atomic E-state index is 4.19. The average molecular weight is 182 g/mol. The van der Waals surface area contributed by atoms with Crippen LogP contribution in [0.2, 0.25) is 0 Å². The van der Waals surface area contributed by atoms with Gasteiger partial charge in [0.05, 0.1) is 11.9 Å². The molecule has 1 aromatic heterocycles. The van der Waals surface area contributed by atoms with Crippen LogP contribution in [0.15, 0.2) is 36.4 Å². The van der Waals surface area contributed by atoms with Crippen LogP contribution >= 0.6 is 0 Å². The van der Waals surface area contributed by atoms with Crippen molar-refractivity contribution in [3.8, 4) is 11.3 Å². The molecule has 0 unspecified atom stereocenters. The first kappa shape index (κ1) is 8.95. The van der Waals surface area contributed by atoms with Crippen LogP contribution in [-0.4, -0.2) is 4.98 Å². The Hall–Kier alpha value is -1.63. The number of pyridine rings is 1. The Bertz CT molecular complexity index is 432. The van der Waals surface area contributed by atoms with E-state index in [1.807, 2.05) is 18.2 Å². The highest BCUT2D eigenvalue weighted by atomic mass is 14.7. The Morgan fingerprint density at radius 1 is 1.07 bits per heavy atom. The standard InChI is InChI=1S/C13H12N/c1-10-6-7-12(9-11(10)2)13-5-3-4-8-14-13/h3-7,9H,1-2H3. The molecular weight excluding hydrogens is 170 g/mol. The molecule has 0 N–H and O–H groups in total. The van der Waals surface area contributed by atoms with Crippen LogP contribution in [0.25, 0.3) is 11.3 Å². The van der Waals surface area contributed by atoms with Crippen molar-refractivity contribution in [2.45, 2.75) is 13.8 Å². The van der Waals surface area contributed by atoms with Gasteiger partial charge in [0.2, 0.25) is 0 Å². The van der Waals surface area contributed by atoms with Crippen molar-refractivity contribution in [1.29, 1.82) is 0 Å². The van der Waals surface area contributed by atoms with E-state index in [0.29, 0.717) is 0 Å². The Morgan fingerprint density at radius 3 is 2.57 bits per heavy atom. The van der Waals surface area contributed by atoms with E-state index in [-0.39, 0.29) is 0 Å². The van der Waals surface area contributed by atoms with Gasteiger partial charge in [0.25, 0.3) is 0 Å². The van der Waals surface area contributed by atoms with E-state index < -0.39 is 0 Å². The number of nitrogens with zero attached hydrogens (tertiary/aromatic N) is 1. The molecule has 0 aliphatic heterocycles. The first-order chi connectivity index (χ1) is 6.77. The number of benzene rings is 1. The minimum Gasteiger partial charge on any atom is -0.246 e. The number of aryl methyl sites for hydroxylation is 2. The lowest BCUT2D eigenvalue weighted by atomic mass is 10.0. The van der Waals surface area contributed by atoms with E-state index in [1.165, 1.54) is 11.1 Å². The number of rotatable bonds is 1. The van der Waals surface area contributed by atoms with Crippen molar-refractivity contribution in [2.75, 3.05) is 0 Å². The summed E-state index contributed by atoms with van der Waals surface area (Å²) in [7, 11) is 0. The van der Waals surface area contributed by atoms with Crippen molar-refractivity contribution in [3.63, 3.8) is 0 Å². The molecule has 0 amide bonds. The van der Waals surface area contributed by atoms with Crippen molar-refractivity contribution >= 4 is 0 Å². The van der Waals surface area contributed by atoms with Gasteiger partial charge >= 0.3 is 0 Å².